The standard InChI is InChI=1S/C21H23N3O8S/c1-10(25)30-7-12-8-33-20-15(19(27)24(20)16(12)21(28)29)23-18(26)13(22)6-5-11-3-2-4-14-17(11)32-9-31-14/h2-4,13,15,20H,5-9,22H2,1H3,(H,23,26)(H,28,29)/t13?,15-,20-/m1/s1. The zero-order valence-corrected chi connectivity index (χ0v) is 18.6. The lowest BCUT2D eigenvalue weighted by atomic mass is 10.0. The lowest BCUT2D eigenvalue weighted by Gasteiger charge is -2.49. The Bertz CT molecular complexity index is 1040. The summed E-state index contributed by atoms with van der Waals surface area (Å²) < 4.78 is 15.7. The smallest absolute Gasteiger partial charge is 0.352 e. The summed E-state index contributed by atoms with van der Waals surface area (Å²) in [4.78, 5) is 49.2. The fraction of sp³-hybridized carbons (Fsp3) is 0.429. The molecule has 0 aromatic heterocycles. The third kappa shape index (κ3) is 4.48. The number of benzene rings is 1. The maximum absolute atomic E-state index is 12.7. The van der Waals surface area contributed by atoms with Crippen molar-refractivity contribution in [3.05, 3.63) is 35.0 Å². The predicted octanol–water partition coefficient (Wildman–Crippen LogP) is -0.0231. The van der Waals surface area contributed by atoms with Gasteiger partial charge in [-0.25, -0.2) is 4.79 Å². The molecule has 0 radical (unpaired) electrons. The van der Waals surface area contributed by atoms with Crippen molar-refractivity contribution in [3.8, 4) is 11.5 Å². The number of amides is 2. The zero-order valence-electron chi connectivity index (χ0n) is 17.7. The van der Waals surface area contributed by atoms with E-state index in [4.69, 9.17) is 19.9 Å². The molecule has 3 aliphatic heterocycles. The third-order valence-electron chi connectivity index (χ3n) is 5.54. The number of fused-ring (bicyclic) bond motifs is 2. The Morgan fingerprint density at radius 3 is 2.88 bits per heavy atom. The number of aliphatic carboxylic acids is 1. The van der Waals surface area contributed by atoms with Gasteiger partial charge in [0, 0.05) is 18.2 Å². The third-order valence-corrected chi connectivity index (χ3v) is 6.88. The Kier molecular flexibility index (Phi) is 6.47. The largest absolute Gasteiger partial charge is 0.477 e. The monoisotopic (exact) mass is 477 g/mol. The number of nitrogens with zero attached hydrogens (tertiary/aromatic N) is 1. The first-order valence-electron chi connectivity index (χ1n) is 10.2. The molecule has 2 amide bonds. The van der Waals surface area contributed by atoms with Crippen molar-refractivity contribution in [2.75, 3.05) is 19.2 Å². The van der Waals surface area contributed by atoms with Crippen molar-refractivity contribution in [1.29, 1.82) is 0 Å². The van der Waals surface area contributed by atoms with E-state index in [1.807, 2.05) is 12.1 Å². The Balaban J connectivity index is 1.36. The summed E-state index contributed by atoms with van der Waals surface area (Å²) in [5, 5.41) is 11.7. The number of ether oxygens (including phenoxy) is 3. The number of hydrogen-bond acceptors (Lipinski definition) is 9. The van der Waals surface area contributed by atoms with Crippen LogP contribution in [0.15, 0.2) is 29.5 Å². The van der Waals surface area contributed by atoms with Crippen LogP contribution in [-0.4, -0.2) is 70.4 Å². The number of hydrogen-bond donors (Lipinski definition) is 3. The first kappa shape index (κ1) is 22.9. The summed E-state index contributed by atoms with van der Waals surface area (Å²) in [7, 11) is 0. The molecule has 12 heteroatoms. The summed E-state index contributed by atoms with van der Waals surface area (Å²) in [6, 6.07) is 3.76. The van der Waals surface area contributed by atoms with E-state index >= 15 is 0 Å². The number of carbonyl (C=O) groups excluding carboxylic acids is 3. The molecule has 0 spiro atoms. The maximum atomic E-state index is 12.7. The van der Waals surface area contributed by atoms with Crippen molar-refractivity contribution < 1.29 is 38.5 Å². The molecule has 3 atom stereocenters. The Morgan fingerprint density at radius 2 is 2.15 bits per heavy atom. The molecule has 3 heterocycles. The van der Waals surface area contributed by atoms with Gasteiger partial charge in [0.05, 0.1) is 6.04 Å². The first-order valence-corrected chi connectivity index (χ1v) is 11.3. The molecule has 11 nitrogen and oxygen atoms in total. The molecule has 1 fully saturated rings. The molecule has 0 aliphatic carbocycles. The van der Waals surface area contributed by atoms with Crippen LogP contribution in [-0.2, 0) is 30.3 Å². The van der Waals surface area contributed by atoms with Crippen molar-refractivity contribution >= 4 is 35.5 Å². The average Bonchev–Trinajstić information content (AvgIpc) is 3.28. The molecule has 1 unspecified atom stereocenters. The van der Waals surface area contributed by atoms with Crippen LogP contribution < -0.4 is 20.5 Å². The predicted molar refractivity (Wildman–Crippen MR) is 115 cm³/mol. The molecule has 4 N–H and O–H groups in total. The van der Waals surface area contributed by atoms with Gasteiger partial charge in [-0.15, -0.1) is 11.8 Å². The Labute approximate surface area is 193 Å². The molecule has 0 bridgehead atoms. The molecular formula is C21H23N3O8S. The summed E-state index contributed by atoms with van der Waals surface area (Å²) in [5.41, 5.74) is 7.04. The van der Waals surface area contributed by atoms with Crippen molar-refractivity contribution in [1.82, 2.24) is 10.2 Å². The number of rotatable bonds is 8. The number of nitrogens with two attached hydrogens (primary N) is 1. The van der Waals surface area contributed by atoms with Crippen LogP contribution >= 0.6 is 11.8 Å². The normalized spacial score (nSPS) is 21.8. The van der Waals surface area contributed by atoms with Crippen molar-refractivity contribution in [3.63, 3.8) is 0 Å². The van der Waals surface area contributed by atoms with Crippen LogP contribution in [0, 0.1) is 0 Å². The minimum atomic E-state index is -1.29. The van der Waals surface area contributed by atoms with Crippen molar-refractivity contribution in [2.24, 2.45) is 5.73 Å². The van der Waals surface area contributed by atoms with Gasteiger partial charge in [0.25, 0.3) is 5.91 Å². The molecule has 0 saturated carbocycles. The van der Waals surface area contributed by atoms with Gasteiger partial charge in [0.2, 0.25) is 12.7 Å². The minimum absolute atomic E-state index is 0.146. The van der Waals surface area contributed by atoms with E-state index in [2.05, 4.69) is 5.32 Å². The van der Waals surface area contributed by atoms with Crippen LogP contribution in [0.1, 0.15) is 18.9 Å². The van der Waals surface area contributed by atoms with E-state index in [1.165, 1.54) is 18.7 Å². The van der Waals surface area contributed by atoms with Gasteiger partial charge in [-0.3, -0.25) is 19.3 Å². The second kappa shape index (κ2) is 9.32. The van der Waals surface area contributed by atoms with Gasteiger partial charge in [-0.05, 0) is 24.5 Å². The average molecular weight is 477 g/mol. The lowest BCUT2D eigenvalue weighted by molar-refractivity contribution is -0.151. The number of carboxylic acids is 1. The highest BCUT2D eigenvalue weighted by molar-refractivity contribution is 8.00. The molecule has 1 aromatic carbocycles. The Hall–Kier alpha value is -3.25. The fourth-order valence-corrected chi connectivity index (χ4v) is 5.20. The lowest BCUT2D eigenvalue weighted by Crippen LogP contribution is -2.71. The minimum Gasteiger partial charge on any atom is -0.477 e. The molecular weight excluding hydrogens is 454 g/mol. The first-order chi connectivity index (χ1) is 15.8. The van der Waals surface area contributed by atoms with Gasteiger partial charge in [0.15, 0.2) is 11.5 Å². The topological polar surface area (TPSA) is 157 Å². The number of nitrogens with one attached hydrogen (secondary N) is 1. The van der Waals surface area contributed by atoms with Crippen LogP contribution in [0.25, 0.3) is 0 Å². The van der Waals surface area contributed by atoms with Crippen LogP contribution in [0.5, 0.6) is 11.5 Å². The number of aryl methyl sites for hydroxylation is 1. The van der Waals surface area contributed by atoms with Gasteiger partial charge >= 0.3 is 11.9 Å². The number of carboxylic acid groups (broad SMARTS) is 1. The fourth-order valence-electron chi connectivity index (χ4n) is 3.87. The highest BCUT2D eigenvalue weighted by Crippen LogP contribution is 2.40. The highest BCUT2D eigenvalue weighted by atomic mass is 32.2. The summed E-state index contributed by atoms with van der Waals surface area (Å²) in [6.45, 7) is 1.16. The molecule has 4 rings (SSSR count). The second-order valence-corrected chi connectivity index (χ2v) is 8.83. The summed E-state index contributed by atoms with van der Waals surface area (Å²) in [5.74, 6) is -1.33. The second-order valence-electron chi connectivity index (χ2n) is 7.73. The molecule has 176 valence electrons. The van der Waals surface area contributed by atoms with Crippen LogP contribution in [0.3, 0.4) is 0 Å². The number of carbonyl (C=O) groups is 4. The van der Waals surface area contributed by atoms with E-state index in [0.29, 0.717) is 29.9 Å². The van der Waals surface area contributed by atoms with E-state index in [9.17, 15) is 24.3 Å². The maximum Gasteiger partial charge on any atom is 0.352 e. The van der Waals surface area contributed by atoms with Crippen LogP contribution in [0.2, 0.25) is 0 Å². The van der Waals surface area contributed by atoms with Gasteiger partial charge in [-0.1, -0.05) is 12.1 Å². The van der Waals surface area contributed by atoms with Crippen molar-refractivity contribution in [2.45, 2.75) is 37.2 Å². The molecule has 1 saturated heterocycles. The summed E-state index contributed by atoms with van der Waals surface area (Å²) in [6.07, 6.45) is 0.802. The SMILES string of the molecule is CC(=O)OCC1=C(C(=O)O)N2C(=O)[C@@H](NC(=O)C(N)CCc3cccc4c3OCO4)[C@H]2SC1. The molecule has 33 heavy (non-hydrogen) atoms. The number of β-lactam (4-membered cyclic amide) rings is 1. The summed E-state index contributed by atoms with van der Waals surface area (Å²) >= 11 is 1.29. The van der Waals surface area contributed by atoms with E-state index < -0.39 is 41.2 Å². The Morgan fingerprint density at radius 1 is 1.36 bits per heavy atom. The zero-order chi connectivity index (χ0) is 23.7. The highest BCUT2D eigenvalue weighted by Gasteiger charge is 2.54. The van der Waals surface area contributed by atoms with E-state index in [-0.39, 0.29) is 24.8 Å². The van der Waals surface area contributed by atoms with E-state index in [1.54, 1.807) is 6.07 Å². The van der Waals surface area contributed by atoms with Gasteiger partial charge in [-0.2, -0.15) is 0 Å². The van der Waals surface area contributed by atoms with Gasteiger partial charge < -0.3 is 30.4 Å². The van der Waals surface area contributed by atoms with E-state index in [0.717, 1.165) is 10.5 Å². The number of para-hydroxylation sites is 1. The molecule has 1 aromatic rings. The van der Waals surface area contributed by atoms with Crippen LogP contribution in [0.4, 0.5) is 0 Å². The quantitative estimate of drug-likeness (QED) is 0.343. The number of thioether (sulfide) groups is 1. The number of esters is 1. The molecule has 3 aliphatic rings. The van der Waals surface area contributed by atoms with Gasteiger partial charge in [0.1, 0.15) is 23.7 Å².